The molecule has 6 fully saturated rings. The van der Waals surface area contributed by atoms with Crippen LogP contribution >= 0.6 is 0 Å². The molecule has 182 valence electrons. The van der Waals surface area contributed by atoms with Crippen molar-refractivity contribution < 1.29 is 9.90 Å². The molecule has 1 heterocycles. The highest BCUT2D eigenvalue weighted by Crippen LogP contribution is 2.74. The Labute approximate surface area is 203 Å². The number of Topliss-reactive ketones (excluding diaryl/α,β-unsaturated/α-hetero) is 1. The number of ketones is 1. The molecule has 0 aromatic carbocycles. The Bertz CT molecular complexity index is 1060. The first kappa shape index (κ1) is 21.6. The number of carbonyl (C=O) groups is 1. The van der Waals surface area contributed by atoms with E-state index in [1.165, 1.54) is 38.5 Å². The largest absolute Gasteiger partial charge is 0.390 e. The van der Waals surface area contributed by atoms with Gasteiger partial charge in [-0.25, -0.2) is 0 Å². The number of hydrogen-bond acceptors (Lipinski definition) is 4. The second kappa shape index (κ2) is 7.19. The summed E-state index contributed by atoms with van der Waals surface area (Å²) in [5.74, 6) is 6.12. The molecule has 10 atom stereocenters. The lowest BCUT2D eigenvalue weighted by Gasteiger charge is -2.57. The summed E-state index contributed by atoms with van der Waals surface area (Å²) in [6.45, 7) is 4.84. The molecule has 1 aromatic rings. The van der Waals surface area contributed by atoms with Crippen LogP contribution in [0.5, 0.6) is 0 Å². The summed E-state index contributed by atoms with van der Waals surface area (Å²) in [5, 5.41) is 24.9. The van der Waals surface area contributed by atoms with Crippen LogP contribution in [0.2, 0.25) is 0 Å². The highest BCUT2D eigenvalue weighted by atomic mass is 16.3. The molecule has 1 aromatic heterocycles. The number of fused-ring (bicyclic) bond motifs is 7. The summed E-state index contributed by atoms with van der Waals surface area (Å²) < 4.78 is 1.79. The van der Waals surface area contributed by atoms with Crippen molar-refractivity contribution in [2.24, 2.45) is 52.8 Å². The fourth-order valence-electron chi connectivity index (χ4n) is 10.2. The number of aromatic nitrogens is 2. The van der Waals surface area contributed by atoms with Crippen molar-refractivity contribution in [3.8, 4) is 6.07 Å². The van der Waals surface area contributed by atoms with E-state index in [4.69, 9.17) is 5.10 Å². The van der Waals surface area contributed by atoms with Gasteiger partial charge in [-0.3, -0.25) is 9.48 Å². The van der Waals surface area contributed by atoms with Gasteiger partial charge in [0.05, 0.1) is 23.4 Å². The molecule has 0 aliphatic heterocycles. The highest BCUT2D eigenvalue weighted by molar-refractivity contribution is 5.83. The average molecular weight is 462 g/mol. The summed E-state index contributed by atoms with van der Waals surface area (Å²) in [4.78, 5) is 13.8. The fraction of sp³-hybridized carbons (Fsp3) is 0.828. The monoisotopic (exact) mass is 461 g/mol. The van der Waals surface area contributed by atoms with Gasteiger partial charge < -0.3 is 5.11 Å². The maximum absolute atomic E-state index is 13.8. The number of carbonyl (C=O) groups excluding carboxylic acids is 1. The van der Waals surface area contributed by atoms with E-state index < -0.39 is 5.60 Å². The van der Waals surface area contributed by atoms with Crippen LogP contribution in [-0.4, -0.2) is 26.3 Å². The van der Waals surface area contributed by atoms with Crippen molar-refractivity contribution in [3.05, 3.63) is 17.5 Å². The minimum absolute atomic E-state index is 0.142. The van der Waals surface area contributed by atoms with Crippen molar-refractivity contribution in [2.45, 2.75) is 96.1 Å². The van der Waals surface area contributed by atoms with E-state index in [9.17, 15) is 15.2 Å². The molecular formula is C29H39N3O2. The lowest BCUT2D eigenvalue weighted by molar-refractivity contribution is -0.136. The molecule has 0 saturated heterocycles. The third kappa shape index (κ3) is 3.13. The molecule has 6 aliphatic rings. The van der Waals surface area contributed by atoms with Gasteiger partial charge in [0.1, 0.15) is 6.07 Å². The van der Waals surface area contributed by atoms with E-state index in [-0.39, 0.29) is 11.3 Å². The van der Waals surface area contributed by atoms with Crippen LogP contribution in [0.4, 0.5) is 0 Å². The molecule has 6 aliphatic carbocycles. The second-order valence-corrected chi connectivity index (χ2v) is 13.7. The molecule has 34 heavy (non-hydrogen) atoms. The fourth-order valence-corrected chi connectivity index (χ4v) is 10.2. The van der Waals surface area contributed by atoms with Gasteiger partial charge in [-0.05, 0) is 118 Å². The number of nitrogens with zero attached hydrogens (tertiary/aromatic N) is 3. The minimum Gasteiger partial charge on any atom is -0.390 e. The zero-order valence-electron chi connectivity index (χ0n) is 20.7. The van der Waals surface area contributed by atoms with Crippen LogP contribution in [0.3, 0.4) is 0 Å². The Hall–Kier alpha value is -1.67. The smallest absolute Gasteiger partial charge is 0.158 e. The molecular weight excluding hydrogens is 422 g/mol. The maximum Gasteiger partial charge on any atom is 0.158 e. The van der Waals surface area contributed by atoms with E-state index in [1.807, 2.05) is 13.1 Å². The first-order valence-electron chi connectivity index (χ1n) is 14.0. The van der Waals surface area contributed by atoms with E-state index in [0.717, 1.165) is 55.0 Å². The van der Waals surface area contributed by atoms with Crippen molar-refractivity contribution >= 4 is 5.78 Å². The zero-order chi connectivity index (χ0) is 23.4. The van der Waals surface area contributed by atoms with Crippen LogP contribution in [0.1, 0.15) is 95.2 Å². The SMILES string of the molecule is CC12CC[C@H]3[C@@H](CC[C@@H]4C[C@](C)(O)CC[C@@H]43)[C@@H]1[C@@H]1C[C@@H]1[C@@H]2C(=O)Cn1cc(C#N)c(C2CC2)n1. The lowest BCUT2D eigenvalue weighted by atomic mass is 9.48. The van der Waals surface area contributed by atoms with Gasteiger partial charge in [0, 0.05) is 18.0 Å². The van der Waals surface area contributed by atoms with E-state index in [1.54, 1.807) is 4.68 Å². The average Bonchev–Trinajstić information content (AvgIpc) is 3.71. The summed E-state index contributed by atoms with van der Waals surface area (Å²) in [6.07, 6.45) is 13.5. The van der Waals surface area contributed by atoms with Crippen LogP contribution in [-0.2, 0) is 11.3 Å². The quantitative estimate of drug-likeness (QED) is 0.678. The lowest BCUT2D eigenvalue weighted by Crippen LogP contribution is -2.52. The molecule has 7 rings (SSSR count). The normalized spacial score (nSPS) is 48.8. The Balaban J connectivity index is 1.11. The highest BCUT2D eigenvalue weighted by Gasteiger charge is 2.70. The topological polar surface area (TPSA) is 78.9 Å². The molecule has 0 amide bonds. The summed E-state index contributed by atoms with van der Waals surface area (Å²) in [7, 11) is 0. The third-order valence-corrected chi connectivity index (χ3v) is 11.6. The van der Waals surface area contributed by atoms with E-state index >= 15 is 0 Å². The first-order valence-corrected chi connectivity index (χ1v) is 14.0. The van der Waals surface area contributed by atoms with Gasteiger partial charge in [0.15, 0.2) is 5.78 Å². The van der Waals surface area contributed by atoms with Crippen LogP contribution in [0.15, 0.2) is 6.20 Å². The minimum atomic E-state index is -0.457. The van der Waals surface area contributed by atoms with Crippen molar-refractivity contribution in [1.29, 1.82) is 5.26 Å². The molecule has 0 radical (unpaired) electrons. The Morgan fingerprint density at radius 2 is 1.88 bits per heavy atom. The predicted molar refractivity (Wildman–Crippen MR) is 128 cm³/mol. The Morgan fingerprint density at radius 1 is 1.09 bits per heavy atom. The Kier molecular flexibility index (Phi) is 4.57. The zero-order valence-corrected chi connectivity index (χ0v) is 20.7. The van der Waals surface area contributed by atoms with E-state index in [0.29, 0.717) is 41.6 Å². The number of nitriles is 1. The number of rotatable bonds is 4. The molecule has 1 N–H and O–H groups in total. The summed E-state index contributed by atoms with van der Waals surface area (Å²) >= 11 is 0. The van der Waals surface area contributed by atoms with Gasteiger partial charge in [0.2, 0.25) is 0 Å². The standard InChI is InChI=1S/C29H39N3O2/c1-28(34)9-7-19-17(12-28)5-6-21-20(19)8-10-29(2)25(21)22-11-23(22)26(29)24(33)15-32-14-18(13-30)27(31-32)16-3-4-16/h14,16-17,19-23,25-26,34H,3-12,15H2,1-2H3/t17-,19+,20-,21-,22-,23+,25-,26-,28-,29?/m1/s1. The van der Waals surface area contributed by atoms with Gasteiger partial charge in [-0.1, -0.05) is 6.92 Å². The summed E-state index contributed by atoms with van der Waals surface area (Å²) in [5.41, 5.74) is 1.27. The van der Waals surface area contributed by atoms with Crippen molar-refractivity contribution in [1.82, 2.24) is 9.78 Å². The molecule has 1 unspecified atom stereocenters. The number of hydrogen-bond donors (Lipinski definition) is 1. The van der Waals surface area contributed by atoms with Crippen molar-refractivity contribution in [3.63, 3.8) is 0 Å². The summed E-state index contributed by atoms with van der Waals surface area (Å²) in [6, 6.07) is 2.30. The maximum atomic E-state index is 13.8. The van der Waals surface area contributed by atoms with Crippen LogP contribution in [0, 0.1) is 64.1 Å². The van der Waals surface area contributed by atoms with Crippen molar-refractivity contribution in [2.75, 3.05) is 0 Å². The third-order valence-electron chi connectivity index (χ3n) is 11.6. The predicted octanol–water partition coefficient (Wildman–Crippen LogP) is 5.08. The van der Waals surface area contributed by atoms with Gasteiger partial charge in [0.25, 0.3) is 0 Å². The molecule has 5 heteroatoms. The van der Waals surface area contributed by atoms with Crippen LogP contribution in [0.25, 0.3) is 0 Å². The molecule has 0 spiro atoms. The van der Waals surface area contributed by atoms with Crippen LogP contribution < -0.4 is 0 Å². The van der Waals surface area contributed by atoms with Gasteiger partial charge in [-0.15, -0.1) is 0 Å². The van der Waals surface area contributed by atoms with E-state index in [2.05, 4.69) is 13.0 Å². The number of aliphatic hydroxyl groups is 1. The van der Waals surface area contributed by atoms with Gasteiger partial charge in [-0.2, -0.15) is 10.4 Å². The van der Waals surface area contributed by atoms with Gasteiger partial charge >= 0.3 is 0 Å². The Morgan fingerprint density at radius 3 is 2.65 bits per heavy atom. The molecule has 5 nitrogen and oxygen atoms in total. The molecule has 6 saturated carbocycles. The first-order chi connectivity index (χ1) is 16.3. The second-order valence-electron chi connectivity index (χ2n) is 13.7. The molecule has 0 bridgehead atoms.